The molecule has 1 amide bonds. The van der Waals surface area contributed by atoms with E-state index in [4.69, 9.17) is 5.11 Å². The quantitative estimate of drug-likeness (QED) is 0.399. The van der Waals surface area contributed by atoms with Gasteiger partial charge in [0.1, 0.15) is 0 Å². The number of rotatable bonds is 13. The van der Waals surface area contributed by atoms with Crippen LogP contribution in [0.2, 0.25) is 0 Å². The fourth-order valence-corrected chi connectivity index (χ4v) is 1.99. The summed E-state index contributed by atoms with van der Waals surface area (Å²) in [6, 6.07) is 0. The van der Waals surface area contributed by atoms with Gasteiger partial charge in [-0.15, -0.1) is 0 Å². The fourth-order valence-electron chi connectivity index (χ4n) is 1.99. The summed E-state index contributed by atoms with van der Waals surface area (Å²) in [7, 11) is 0. The summed E-state index contributed by atoms with van der Waals surface area (Å²) in [5, 5.41) is 11.0. The number of amides is 1. The number of nitrogens with one attached hydrogen (secondary N) is 1. The summed E-state index contributed by atoms with van der Waals surface area (Å²) >= 11 is 0. The number of carboxylic acids is 1. The van der Waals surface area contributed by atoms with Gasteiger partial charge < -0.3 is 10.4 Å². The summed E-state index contributed by atoms with van der Waals surface area (Å²) in [4.78, 5) is 21.6. The Balaban J connectivity index is 0. The Bertz CT molecular complexity index is 247. The van der Waals surface area contributed by atoms with Crippen LogP contribution in [0.4, 0.5) is 0 Å². The summed E-state index contributed by atoms with van der Waals surface area (Å²) < 4.78 is 0. The Morgan fingerprint density at radius 1 is 0.850 bits per heavy atom. The SMILES string of the molecule is CCCCCCCCCCCC(=O)NCCC(=O)O.[Zn+2]. The van der Waals surface area contributed by atoms with Crippen LogP contribution in [0.5, 0.6) is 0 Å². The van der Waals surface area contributed by atoms with Gasteiger partial charge in [0.2, 0.25) is 5.91 Å². The summed E-state index contributed by atoms with van der Waals surface area (Å²) in [6.07, 6.45) is 11.6. The topological polar surface area (TPSA) is 66.4 Å². The molecule has 0 radical (unpaired) electrons. The van der Waals surface area contributed by atoms with Gasteiger partial charge in [-0.05, 0) is 6.42 Å². The molecule has 0 atom stereocenters. The van der Waals surface area contributed by atoms with Crippen LogP contribution >= 0.6 is 0 Å². The van der Waals surface area contributed by atoms with E-state index in [-0.39, 0.29) is 38.4 Å². The van der Waals surface area contributed by atoms with Crippen molar-refractivity contribution in [2.45, 2.75) is 77.6 Å². The van der Waals surface area contributed by atoms with Gasteiger partial charge >= 0.3 is 25.4 Å². The Hall–Kier alpha value is -0.437. The Kier molecular flexibility index (Phi) is 18.2. The third kappa shape index (κ3) is 17.6. The average Bonchev–Trinajstić information content (AvgIpc) is 2.36. The van der Waals surface area contributed by atoms with E-state index in [1.807, 2.05) is 0 Å². The van der Waals surface area contributed by atoms with E-state index in [2.05, 4.69) is 12.2 Å². The predicted molar refractivity (Wildman–Crippen MR) is 77.1 cm³/mol. The Labute approximate surface area is 135 Å². The van der Waals surface area contributed by atoms with Gasteiger partial charge in [0, 0.05) is 13.0 Å². The molecule has 0 aromatic rings. The molecule has 0 saturated heterocycles. The van der Waals surface area contributed by atoms with Crippen LogP contribution in [0, 0.1) is 0 Å². The van der Waals surface area contributed by atoms with Gasteiger partial charge in [-0.1, -0.05) is 58.3 Å². The monoisotopic (exact) mass is 335 g/mol. The Morgan fingerprint density at radius 3 is 1.85 bits per heavy atom. The maximum atomic E-state index is 11.3. The molecule has 112 valence electrons. The Morgan fingerprint density at radius 2 is 1.35 bits per heavy atom. The molecule has 2 N–H and O–H groups in total. The minimum absolute atomic E-state index is 0. The number of carbonyl (C=O) groups excluding carboxylic acids is 1. The first-order valence-electron chi connectivity index (χ1n) is 7.65. The average molecular weight is 337 g/mol. The molecule has 0 fully saturated rings. The molecular weight excluding hydrogens is 308 g/mol. The number of carbonyl (C=O) groups is 2. The van der Waals surface area contributed by atoms with Gasteiger partial charge in [0.05, 0.1) is 6.42 Å². The second-order valence-electron chi connectivity index (χ2n) is 5.07. The molecule has 0 aliphatic rings. The molecule has 0 aromatic heterocycles. The number of carboxylic acid groups (broad SMARTS) is 1. The zero-order chi connectivity index (χ0) is 14.3. The second kappa shape index (κ2) is 16.6. The van der Waals surface area contributed by atoms with Crippen molar-refractivity contribution in [2.75, 3.05) is 6.54 Å². The first-order valence-corrected chi connectivity index (χ1v) is 7.65. The molecule has 5 heteroatoms. The van der Waals surface area contributed by atoms with Crippen LogP contribution in [0.25, 0.3) is 0 Å². The smallest absolute Gasteiger partial charge is 0.481 e. The number of hydrogen-bond donors (Lipinski definition) is 2. The second-order valence-corrected chi connectivity index (χ2v) is 5.07. The molecular formula is C15H29NO3Zn+2. The van der Waals surface area contributed by atoms with Gasteiger partial charge in [-0.25, -0.2) is 0 Å². The summed E-state index contributed by atoms with van der Waals surface area (Å²) in [6.45, 7) is 2.47. The molecule has 0 unspecified atom stereocenters. The van der Waals surface area contributed by atoms with E-state index in [1.54, 1.807) is 0 Å². The van der Waals surface area contributed by atoms with Crippen LogP contribution in [0.1, 0.15) is 77.6 Å². The van der Waals surface area contributed by atoms with Crippen LogP contribution in [-0.4, -0.2) is 23.5 Å². The molecule has 0 bridgehead atoms. The third-order valence-corrected chi connectivity index (χ3v) is 3.17. The molecule has 0 aliphatic carbocycles. The third-order valence-electron chi connectivity index (χ3n) is 3.17. The molecule has 4 nitrogen and oxygen atoms in total. The molecule has 0 rings (SSSR count). The van der Waals surface area contributed by atoms with Crippen molar-refractivity contribution >= 4 is 11.9 Å². The van der Waals surface area contributed by atoms with E-state index in [9.17, 15) is 9.59 Å². The maximum absolute atomic E-state index is 11.3. The number of aliphatic carboxylic acids is 1. The molecule has 0 heterocycles. The zero-order valence-electron chi connectivity index (χ0n) is 13.0. The van der Waals surface area contributed by atoms with E-state index in [1.165, 1.54) is 44.9 Å². The van der Waals surface area contributed by atoms with E-state index in [0.29, 0.717) is 6.42 Å². The van der Waals surface area contributed by atoms with Crippen LogP contribution in [-0.2, 0) is 29.1 Å². The van der Waals surface area contributed by atoms with Gasteiger partial charge in [0.15, 0.2) is 0 Å². The van der Waals surface area contributed by atoms with Gasteiger partial charge in [-0.3, -0.25) is 9.59 Å². The largest absolute Gasteiger partial charge is 2.00 e. The van der Waals surface area contributed by atoms with E-state index in [0.717, 1.165) is 12.8 Å². The molecule has 0 saturated carbocycles. The maximum Gasteiger partial charge on any atom is 2.00 e. The summed E-state index contributed by atoms with van der Waals surface area (Å²) in [5.41, 5.74) is 0. The van der Waals surface area contributed by atoms with E-state index >= 15 is 0 Å². The van der Waals surface area contributed by atoms with Crippen molar-refractivity contribution in [1.82, 2.24) is 5.32 Å². The minimum Gasteiger partial charge on any atom is -0.481 e. The molecule has 0 aromatic carbocycles. The molecule has 20 heavy (non-hydrogen) atoms. The van der Waals surface area contributed by atoms with E-state index < -0.39 is 5.97 Å². The first kappa shape index (κ1) is 21.9. The van der Waals surface area contributed by atoms with Crippen molar-refractivity contribution in [3.8, 4) is 0 Å². The molecule has 0 aliphatic heterocycles. The van der Waals surface area contributed by atoms with Crippen molar-refractivity contribution < 1.29 is 34.2 Å². The number of hydrogen-bond acceptors (Lipinski definition) is 2. The zero-order valence-corrected chi connectivity index (χ0v) is 15.9. The molecule has 0 spiro atoms. The predicted octanol–water partition coefficient (Wildman–Crippen LogP) is 3.50. The standard InChI is InChI=1S/C15H29NO3.Zn/c1-2-3-4-5-6-7-8-9-10-11-14(17)16-13-12-15(18)19;/h2-13H2,1H3,(H,16,17)(H,18,19);/q;+2. The summed E-state index contributed by atoms with van der Waals surface area (Å²) in [5.74, 6) is -0.896. The van der Waals surface area contributed by atoms with Gasteiger partial charge in [0.25, 0.3) is 0 Å². The van der Waals surface area contributed by atoms with Crippen LogP contribution in [0.3, 0.4) is 0 Å². The van der Waals surface area contributed by atoms with Crippen LogP contribution < -0.4 is 5.32 Å². The van der Waals surface area contributed by atoms with Crippen molar-refractivity contribution in [3.05, 3.63) is 0 Å². The minimum atomic E-state index is -0.872. The fraction of sp³-hybridized carbons (Fsp3) is 0.867. The van der Waals surface area contributed by atoms with Crippen molar-refractivity contribution in [2.24, 2.45) is 0 Å². The first-order chi connectivity index (χ1) is 9.16. The van der Waals surface area contributed by atoms with Gasteiger partial charge in [-0.2, -0.15) is 0 Å². The normalized spacial score (nSPS) is 9.85. The van der Waals surface area contributed by atoms with Crippen LogP contribution in [0.15, 0.2) is 0 Å². The number of unbranched alkanes of at least 4 members (excludes halogenated alkanes) is 8. The van der Waals surface area contributed by atoms with Crippen molar-refractivity contribution in [1.29, 1.82) is 0 Å². The van der Waals surface area contributed by atoms with Crippen molar-refractivity contribution in [3.63, 3.8) is 0 Å².